The number of hydrogen-bond acceptors (Lipinski definition) is 6. The van der Waals surface area contributed by atoms with E-state index in [2.05, 4.69) is 28.2 Å². The fraction of sp³-hybridized carbons (Fsp3) is 0.577. The summed E-state index contributed by atoms with van der Waals surface area (Å²) in [7, 11) is 1.43. The Morgan fingerprint density at radius 2 is 1.94 bits per heavy atom. The summed E-state index contributed by atoms with van der Waals surface area (Å²) in [5.74, 6) is 0.228. The second-order valence-electron chi connectivity index (χ2n) is 10.1. The number of anilines is 1. The summed E-state index contributed by atoms with van der Waals surface area (Å²) >= 11 is 0. The molecule has 2 fully saturated rings. The second kappa shape index (κ2) is 8.99. The van der Waals surface area contributed by atoms with Gasteiger partial charge in [0, 0.05) is 32.1 Å². The summed E-state index contributed by atoms with van der Waals surface area (Å²) in [6.07, 6.45) is 1.99. The van der Waals surface area contributed by atoms with Gasteiger partial charge in [-0.3, -0.25) is 4.79 Å². The number of aryl methyl sites for hydroxylation is 1. The fourth-order valence-corrected chi connectivity index (χ4v) is 5.64. The summed E-state index contributed by atoms with van der Waals surface area (Å²) in [5.41, 5.74) is 1.93. The van der Waals surface area contributed by atoms with E-state index >= 15 is 0 Å². The highest BCUT2D eigenvalue weighted by molar-refractivity contribution is 5.73. The minimum Gasteiger partial charge on any atom is -0.487 e. The number of fused-ring (bicyclic) bond motifs is 1. The van der Waals surface area contributed by atoms with Crippen LogP contribution >= 0.6 is 0 Å². The van der Waals surface area contributed by atoms with Crippen molar-refractivity contribution in [3.63, 3.8) is 0 Å². The molecule has 0 N–H and O–H groups in total. The van der Waals surface area contributed by atoms with Crippen LogP contribution in [0.2, 0.25) is 0 Å². The van der Waals surface area contributed by atoms with Gasteiger partial charge in [-0.2, -0.15) is 13.2 Å². The van der Waals surface area contributed by atoms with Crippen molar-refractivity contribution in [3.8, 4) is 5.75 Å². The van der Waals surface area contributed by atoms with E-state index in [1.807, 2.05) is 11.8 Å². The van der Waals surface area contributed by atoms with Gasteiger partial charge in [0.25, 0.3) is 0 Å². The Morgan fingerprint density at radius 3 is 2.60 bits per heavy atom. The third-order valence-corrected chi connectivity index (χ3v) is 7.79. The van der Waals surface area contributed by atoms with Crippen molar-refractivity contribution < 1.29 is 27.4 Å². The molecule has 1 aromatic carbocycles. The highest BCUT2D eigenvalue weighted by Crippen LogP contribution is 2.49. The zero-order valence-electron chi connectivity index (χ0n) is 20.0. The average molecular weight is 490 g/mol. The van der Waals surface area contributed by atoms with E-state index in [0.717, 1.165) is 48.8 Å². The molecule has 0 bridgehead atoms. The number of hydrogen-bond donors (Lipinski definition) is 0. The Morgan fingerprint density at radius 1 is 1.20 bits per heavy atom. The van der Waals surface area contributed by atoms with Gasteiger partial charge in [-0.05, 0) is 60.8 Å². The maximum atomic E-state index is 13.0. The van der Waals surface area contributed by atoms with Crippen LogP contribution in [0.4, 0.5) is 19.0 Å². The highest BCUT2D eigenvalue weighted by Gasteiger charge is 2.42. The molecule has 0 radical (unpaired) electrons. The third kappa shape index (κ3) is 4.82. The smallest absolute Gasteiger partial charge is 0.451 e. The lowest BCUT2D eigenvalue weighted by atomic mass is 9.80. The maximum absolute atomic E-state index is 13.0. The van der Waals surface area contributed by atoms with E-state index in [4.69, 9.17) is 9.47 Å². The van der Waals surface area contributed by atoms with E-state index in [9.17, 15) is 18.0 Å². The van der Waals surface area contributed by atoms with Crippen LogP contribution in [0.3, 0.4) is 0 Å². The molecule has 5 rings (SSSR count). The molecule has 6 nitrogen and oxygen atoms in total. The predicted molar refractivity (Wildman–Crippen MR) is 123 cm³/mol. The van der Waals surface area contributed by atoms with Crippen LogP contribution in [0, 0.1) is 11.8 Å². The number of carbonyl (C=O) groups excluding carboxylic acids is 1. The standard InChI is InChI=1S/C26H30F3N3O3/c1-16(23(33)34-2)22(18-4-5-18)19-6-3-17-7-9-25(35-20(17)15-19)10-13-32(14-11-25)21-8-12-30-24(31-21)26(27,28)29/h3,6,8,12,15-16,18,22H,4-5,7,9-11,13-14H2,1-2H3. The van der Waals surface area contributed by atoms with E-state index in [1.165, 1.54) is 13.2 Å². The van der Waals surface area contributed by atoms with E-state index < -0.39 is 12.0 Å². The third-order valence-electron chi connectivity index (χ3n) is 7.79. The monoisotopic (exact) mass is 489 g/mol. The Hall–Kier alpha value is -2.84. The molecule has 2 atom stereocenters. The molecule has 2 aromatic rings. The van der Waals surface area contributed by atoms with E-state index in [0.29, 0.717) is 37.7 Å². The van der Waals surface area contributed by atoms with Crippen molar-refractivity contribution in [2.45, 2.75) is 63.1 Å². The Balaban J connectivity index is 1.31. The van der Waals surface area contributed by atoms with Crippen molar-refractivity contribution >= 4 is 11.8 Å². The number of rotatable bonds is 5. The average Bonchev–Trinajstić information content (AvgIpc) is 3.68. The van der Waals surface area contributed by atoms with Gasteiger partial charge in [-0.15, -0.1) is 0 Å². The molecule has 1 aliphatic carbocycles. The molecule has 1 aromatic heterocycles. The summed E-state index contributed by atoms with van der Waals surface area (Å²) in [5, 5.41) is 0. The fourth-order valence-electron chi connectivity index (χ4n) is 5.64. The number of ether oxygens (including phenoxy) is 2. The van der Waals surface area contributed by atoms with Crippen LogP contribution in [0.1, 0.15) is 61.9 Å². The highest BCUT2D eigenvalue weighted by atomic mass is 19.4. The summed E-state index contributed by atoms with van der Waals surface area (Å²) in [6, 6.07) is 7.87. The first-order valence-corrected chi connectivity index (χ1v) is 12.2. The van der Waals surface area contributed by atoms with Gasteiger partial charge in [0.2, 0.25) is 5.82 Å². The number of halogens is 3. The SMILES string of the molecule is COC(=O)C(C)C(c1ccc2c(c1)OC1(CC2)CCN(c2ccnc(C(F)(F)F)n2)CC1)C1CC1. The number of methoxy groups -OCH3 is 1. The van der Waals surface area contributed by atoms with Crippen LogP contribution in [0.15, 0.2) is 30.5 Å². The lowest BCUT2D eigenvalue weighted by molar-refractivity contribution is -0.146. The number of nitrogens with zero attached hydrogens (tertiary/aromatic N) is 3. The number of piperidine rings is 1. The molecule has 1 spiro atoms. The lowest BCUT2D eigenvalue weighted by Crippen LogP contribution is -2.50. The summed E-state index contributed by atoms with van der Waals surface area (Å²) in [6.45, 7) is 3.06. The minimum atomic E-state index is -4.56. The molecule has 1 saturated carbocycles. The number of carbonyl (C=O) groups is 1. The number of benzene rings is 1. The number of aromatic nitrogens is 2. The number of esters is 1. The lowest BCUT2D eigenvalue weighted by Gasteiger charge is -2.45. The van der Waals surface area contributed by atoms with Gasteiger partial charge in [0.15, 0.2) is 0 Å². The number of alkyl halides is 3. The van der Waals surface area contributed by atoms with Crippen molar-refractivity contribution in [2.24, 2.45) is 11.8 Å². The van der Waals surface area contributed by atoms with Gasteiger partial charge in [-0.25, -0.2) is 9.97 Å². The van der Waals surface area contributed by atoms with E-state index in [-0.39, 0.29) is 23.4 Å². The molecule has 0 amide bonds. The van der Waals surface area contributed by atoms with E-state index in [1.54, 1.807) is 0 Å². The van der Waals surface area contributed by atoms with Gasteiger partial charge in [0.05, 0.1) is 13.0 Å². The van der Waals surface area contributed by atoms with Crippen molar-refractivity contribution in [2.75, 3.05) is 25.1 Å². The first-order valence-electron chi connectivity index (χ1n) is 12.2. The zero-order valence-corrected chi connectivity index (χ0v) is 20.0. The molecular formula is C26H30F3N3O3. The maximum Gasteiger partial charge on any atom is 0.451 e. The second-order valence-corrected chi connectivity index (χ2v) is 10.1. The predicted octanol–water partition coefficient (Wildman–Crippen LogP) is 5.16. The molecule has 2 unspecified atom stereocenters. The van der Waals surface area contributed by atoms with Gasteiger partial charge in [0.1, 0.15) is 17.2 Å². The normalized spacial score (nSPS) is 21.1. The molecule has 2 aliphatic heterocycles. The first kappa shape index (κ1) is 23.9. The van der Waals surface area contributed by atoms with Crippen molar-refractivity contribution in [3.05, 3.63) is 47.4 Å². The van der Waals surface area contributed by atoms with Crippen LogP contribution in [-0.2, 0) is 22.1 Å². The molecule has 35 heavy (non-hydrogen) atoms. The first-order chi connectivity index (χ1) is 16.7. The minimum absolute atomic E-state index is 0.108. The molecular weight excluding hydrogens is 459 g/mol. The largest absolute Gasteiger partial charge is 0.487 e. The van der Waals surface area contributed by atoms with Crippen LogP contribution in [0.5, 0.6) is 5.75 Å². The van der Waals surface area contributed by atoms with Crippen LogP contribution < -0.4 is 9.64 Å². The van der Waals surface area contributed by atoms with Crippen LogP contribution in [-0.4, -0.2) is 41.7 Å². The molecule has 3 heterocycles. The van der Waals surface area contributed by atoms with Crippen LogP contribution in [0.25, 0.3) is 0 Å². The van der Waals surface area contributed by atoms with Crippen molar-refractivity contribution in [1.82, 2.24) is 9.97 Å². The zero-order chi connectivity index (χ0) is 24.8. The molecule has 9 heteroatoms. The quantitative estimate of drug-likeness (QED) is 0.541. The Bertz CT molecular complexity index is 1090. The molecule has 1 saturated heterocycles. The summed E-state index contributed by atoms with van der Waals surface area (Å²) in [4.78, 5) is 21.3. The Kier molecular flexibility index (Phi) is 6.13. The Labute approximate surface area is 202 Å². The molecule has 3 aliphatic rings. The van der Waals surface area contributed by atoms with Gasteiger partial charge in [-0.1, -0.05) is 19.1 Å². The van der Waals surface area contributed by atoms with Crippen molar-refractivity contribution in [1.29, 1.82) is 0 Å². The van der Waals surface area contributed by atoms with Gasteiger partial charge >= 0.3 is 12.1 Å². The summed E-state index contributed by atoms with van der Waals surface area (Å²) < 4.78 is 50.7. The van der Waals surface area contributed by atoms with Gasteiger partial charge < -0.3 is 14.4 Å². The molecule has 188 valence electrons. The topological polar surface area (TPSA) is 64.6 Å².